The van der Waals surface area contributed by atoms with Gasteiger partial charge < -0.3 is 15.5 Å². The summed E-state index contributed by atoms with van der Waals surface area (Å²) in [4.78, 5) is 4.60. The van der Waals surface area contributed by atoms with Gasteiger partial charge in [0.1, 0.15) is 0 Å². The molecular weight excluding hydrogens is 210 g/mol. The Labute approximate surface area is 104 Å². The molecule has 2 N–H and O–H groups in total. The highest BCUT2D eigenvalue weighted by molar-refractivity contribution is 5.22. The van der Waals surface area contributed by atoms with Crippen LogP contribution in [0.4, 0.5) is 0 Å². The molecule has 17 heavy (non-hydrogen) atoms. The summed E-state index contributed by atoms with van der Waals surface area (Å²) < 4.78 is 0. The Morgan fingerprint density at radius 1 is 1.06 bits per heavy atom. The van der Waals surface area contributed by atoms with Gasteiger partial charge in [-0.15, -0.1) is 0 Å². The van der Waals surface area contributed by atoms with E-state index in [1.165, 1.54) is 17.5 Å². The first-order chi connectivity index (χ1) is 8.28. The van der Waals surface area contributed by atoms with Crippen molar-refractivity contribution in [3.63, 3.8) is 0 Å². The number of hydrogen-bond donors (Lipinski definition) is 1. The van der Waals surface area contributed by atoms with Crippen LogP contribution in [0.3, 0.4) is 0 Å². The number of nitrogens with zero attached hydrogens (tertiary/aromatic N) is 2. The average molecular weight is 231 g/mol. The molecule has 0 radical (unpaired) electrons. The van der Waals surface area contributed by atoms with Crippen molar-refractivity contribution in [1.82, 2.24) is 9.80 Å². The zero-order valence-electron chi connectivity index (χ0n) is 10.5. The Bertz CT molecular complexity index is 370. The van der Waals surface area contributed by atoms with Crippen LogP contribution in [0.15, 0.2) is 36.7 Å². The van der Waals surface area contributed by atoms with Crippen molar-refractivity contribution < 1.29 is 0 Å². The Balaban J connectivity index is 1.97. The van der Waals surface area contributed by atoms with Crippen molar-refractivity contribution in [3.05, 3.63) is 47.8 Å². The molecule has 1 aliphatic heterocycles. The van der Waals surface area contributed by atoms with Crippen LogP contribution < -0.4 is 5.73 Å². The number of hydrogen-bond acceptors (Lipinski definition) is 3. The highest BCUT2D eigenvalue weighted by atomic mass is 15.2. The Hall–Kier alpha value is -1.48. The molecule has 0 saturated heterocycles. The molecule has 3 nitrogen and oxygen atoms in total. The van der Waals surface area contributed by atoms with E-state index in [4.69, 9.17) is 5.73 Å². The second-order valence-corrected chi connectivity index (χ2v) is 4.62. The van der Waals surface area contributed by atoms with Gasteiger partial charge >= 0.3 is 0 Å². The third-order valence-corrected chi connectivity index (χ3v) is 3.13. The van der Waals surface area contributed by atoms with E-state index in [0.717, 1.165) is 19.6 Å². The minimum atomic E-state index is 0.620. The van der Waals surface area contributed by atoms with Crippen LogP contribution in [0.1, 0.15) is 17.5 Å². The maximum Gasteiger partial charge on any atom is 0.0424 e. The van der Waals surface area contributed by atoms with E-state index in [0.29, 0.717) is 6.54 Å². The molecule has 1 aromatic rings. The first-order valence-corrected chi connectivity index (χ1v) is 6.18. The Morgan fingerprint density at radius 3 is 2.47 bits per heavy atom. The molecule has 3 heteroatoms. The second-order valence-electron chi connectivity index (χ2n) is 4.62. The first kappa shape index (κ1) is 12.0. The van der Waals surface area contributed by atoms with Gasteiger partial charge in [0.25, 0.3) is 0 Å². The van der Waals surface area contributed by atoms with E-state index < -0.39 is 0 Å². The molecule has 0 amide bonds. The van der Waals surface area contributed by atoms with Gasteiger partial charge in [0.2, 0.25) is 0 Å². The van der Waals surface area contributed by atoms with Crippen LogP contribution in [0, 0.1) is 0 Å². The predicted octanol–water partition coefficient (Wildman–Crippen LogP) is 1.75. The number of rotatable bonds is 3. The first-order valence-electron chi connectivity index (χ1n) is 6.18. The fourth-order valence-corrected chi connectivity index (χ4v) is 2.03. The summed E-state index contributed by atoms with van der Waals surface area (Å²) in [6.45, 7) is 3.86. The van der Waals surface area contributed by atoms with Gasteiger partial charge in [-0.2, -0.15) is 0 Å². The summed E-state index contributed by atoms with van der Waals surface area (Å²) in [5.74, 6) is 0. The molecule has 1 aromatic carbocycles. The number of nitrogens with two attached hydrogens (primary N) is 1. The highest BCUT2D eigenvalue weighted by Crippen LogP contribution is 2.10. The summed E-state index contributed by atoms with van der Waals surface area (Å²) in [7, 11) is 2.12. The molecule has 0 spiro atoms. The zero-order chi connectivity index (χ0) is 12.1. The normalized spacial score (nSPS) is 16.1. The standard InChI is InChI=1S/C14H21N3/c1-16-7-2-8-17(10-9-16)12-14-5-3-13(11-15)4-6-14/h3-6,9-10H,2,7-8,11-12,15H2,1H3. The topological polar surface area (TPSA) is 32.5 Å². The van der Waals surface area contributed by atoms with Crippen molar-refractivity contribution >= 4 is 0 Å². The Morgan fingerprint density at radius 2 is 1.76 bits per heavy atom. The van der Waals surface area contributed by atoms with Crippen LogP contribution in [0.5, 0.6) is 0 Å². The monoisotopic (exact) mass is 231 g/mol. The van der Waals surface area contributed by atoms with E-state index in [1.807, 2.05) is 0 Å². The van der Waals surface area contributed by atoms with Crippen LogP contribution in [-0.2, 0) is 13.1 Å². The SMILES string of the molecule is CN1C=CN(Cc2ccc(CN)cc2)CCC1. The molecule has 0 aliphatic carbocycles. The molecule has 1 aliphatic rings. The minimum Gasteiger partial charge on any atom is -0.379 e. The summed E-state index contributed by atoms with van der Waals surface area (Å²) in [6.07, 6.45) is 5.55. The van der Waals surface area contributed by atoms with Crippen molar-refractivity contribution in [2.75, 3.05) is 20.1 Å². The van der Waals surface area contributed by atoms with E-state index in [2.05, 4.69) is 53.5 Å². The molecule has 0 unspecified atom stereocenters. The Kier molecular flexibility index (Phi) is 4.04. The van der Waals surface area contributed by atoms with Gasteiger partial charge in [0, 0.05) is 45.6 Å². The van der Waals surface area contributed by atoms with Crippen LogP contribution in [0.2, 0.25) is 0 Å². The van der Waals surface area contributed by atoms with E-state index in [9.17, 15) is 0 Å². The molecule has 0 bridgehead atoms. The average Bonchev–Trinajstić information content (AvgIpc) is 2.56. The van der Waals surface area contributed by atoms with Gasteiger partial charge in [0.05, 0.1) is 0 Å². The summed E-state index contributed by atoms with van der Waals surface area (Å²) >= 11 is 0. The molecule has 0 atom stereocenters. The lowest BCUT2D eigenvalue weighted by molar-refractivity contribution is 0.362. The molecular formula is C14H21N3. The van der Waals surface area contributed by atoms with Crippen molar-refractivity contribution in [3.8, 4) is 0 Å². The minimum absolute atomic E-state index is 0.620. The molecule has 0 saturated carbocycles. The maximum atomic E-state index is 5.59. The fraction of sp³-hybridized carbons (Fsp3) is 0.429. The lowest BCUT2D eigenvalue weighted by Crippen LogP contribution is -2.18. The summed E-state index contributed by atoms with van der Waals surface area (Å²) in [5, 5.41) is 0. The quantitative estimate of drug-likeness (QED) is 0.860. The van der Waals surface area contributed by atoms with Gasteiger partial charge in [0.15, 0.2) is 0 Å². The molecule has 1 heterocycles. The third-order valence-electron chi connectivity index (χ3n) is 3.13. The van der Waals surface area contributed by atoms with Gasteiger partial charge in [-0.05, 0) is 17.5 Å². The third kappa shape index (κ3) is 3.49. The van der Waals surface area contributed by atoms with Crippen LogP contribution in [0.25, 0.3) is 0 Å². The fourth-order valence-electron chi connectivity index (χ4n) is 2.03. The molecule has 2 rings (SSSR count). The van der Waals surface area contributed by atoms with Crippen molar-refractivity contribution in [2.45, 2.75) is 19.5 Å². The van der Waals surface area contributed by atoms with Crippen molar-refractivity contribution in [1.29, 1.82) is 0 Å². The zero-order valence-corrected chi connectivity index (χ0v) is 10.5. The number of benzene rings is 1. The van der Waals surface area contributed by atoms with Gasteiger partial charge in [-0.3, -0.25) is 0 Å². The maximum absolute atomic E-state index is 5.59. The van der Waals surface area contributed by atoms with Gasteiger partial charge in [-0.1, -0.05) is 24.3 Å². The largest absolute Gasteiger partial charge is 0.379 e. The van der Waals surface area contributed by atoms with E-state index in [-0.39, 0.29) is 0 Å². The molecule has 0 fully saturated rings. The molecule has 92 valence electrons. The summed E-state index contributed by atoms with van der Waals surface area (Å²) in [6, 6.07) is 8.57. The van der Waals surface area contributed by atoms with Gasteiger partial charge in [-0.25, -0.2) is 0 Å². The van der Waals surface area contributed by atoms with E-state index >= 15 is 0 Å². The predicted molar refractivity (Wildman–Crippen MR) is 71.1 cm³/mol. The van der Waals surface area contributed by atoms with E-state index in [1.54, 1.807) is 0 Å². The van der Waals surface area contributed by atoms with Crippen molar-refractivity contribution in [2.24, 2.45) is 5.73 Å². The lowest BCUT2D eigenvalue weighted by Gasteiger charge is -2.18. The smallest absolute Gasteiger partial charge is 0.0424 e. The lowest BCUT2D eigenvalue weighted by atomic mass is 10.1. The second kappa shape index (κ2) is 5.73. The molecule has 0 aromatic heterocycles. The summed E-state index contributed by atoms with van der Waals surface area (Å²) in [5.41, 5.74) is 8.13. The van der Waals surface area contributed by atoms with Crippen LogP contribution in [-0.4, -0.2) is 29.9 Å². The van der Waals surface area contributed by atoms with Crippen LogP contribution >= 0.6 is 0 Å². The highest BCUT2D eigenvalue weighted by Gasteiger charge is 2.05.